The molecule has 12 heteroatoms. The van der Waals surface area contributed by atoms with Crippen LogP contribution in [0.2, 0.25) is 0 Å². The van der Waals surface area contributed by atoms with Gasteiger partial charge in [0.05, 0.1) is 22.9 Å². The van der Waals surface area contributed by atoms with Crippen molar-refractivity contribution in [2.45, 2.75) is 25.7 Å². The molecule has 0 N–H and O–H groups in total. The minimum absolute atomic E-state index is 0.000917. The van der Waals surface area contributed by atoms with Gasteiger partial charge in [0.15, 0.2) is 5.13 Å². The minimum Gasteiger partial charge on any atom is -0.494 e. The van der Waals surface area contributed by atoms with Gasteiger partial charge in [-0.15, -0.1) is 0 Å². The molecule has 0 aliphatic rings. The standard InChI is InChI=1S/C23H23F6N3O2S/c1-13-6-7-17(34-4)18-19(13)35-21(30-18)32(9-5-8-31(2)3)20(33)14-10-15(22(24,25)26)12-16(11-14)23(27,28)29/h6-7,10-12H,5,8-9H2,1-4H3. The van der Waals surface area contributed by atoms with Gasteiger partial charge in [0.25, 0.3) is 5.91 Å². The third-order valence-corrected chi connectivity index (χ3v) is 6.42. The van der Waals surface area contributed by atoms with Crippen molar-refractivity contribution >= 4 is 32.6 Å². The van der Waals surface area contributed by atoms with Gasteiger partial charge < -0.3 is 9.64 Å². The van der Waals surface area contributed by atoms with Crippen molar-refractivity contribution in [2.75, 3.05) is 39.2 Å². The van der Waals surface area contributed by atoms with Crippen molar-refractivity contribution in [1.82, 2.24) is 9.88 Å². The van der Waals surface area contributed by atoms with Gasteiger partial charge in [-0.1, -0.05) is 17.4 Å². The Balaban J connectivity index is 2.14. The maximum atomic E-state index is 13.4. The molecule has 0 unspecified atom stereocenters. The summed E-state index contributed by atoms with van der Waals surface area (Å²) in [6.07, 6.45) is -9.71. The average Bonchev–Trinajstić information content (AvgIpc) is 3.21. The number of aryl methyl sites for hydroxylation is 1. The molecule has 5 nitrogen and oxygen atoms in total. The van der Waals surface area contributed by atoms with Crippen LogP contribution in [0, 0.1) is 6.92 Å². The Morgan fingerprint density at radius 3 is 2.11 bits per heavy atom. The number of methoxy groups -OCH3 is 1. The Labute approximate surface area is 201 Å². The number of rotatable bonds is 7. The average molecular weight is 520 g/mol. The van der Waals surface area contributed by atoms with Crippen molar-refractivity contribution < 1.29 is 35.9 Å². The Morgan fingerprint density at radius 2 is 1.60 bits per heavy atom. The Kier molecular flexibility index (Phi) is 7.65. The van der Waals surface area contributed by atoms with Crippen LogP contribution < -0.4 is 9.64 Å². The fourth-order valence-corrected chi connectivity index (χ4v) is 4.52. The van der Waals surface area contributed by atoms with Crippen molar-refractivity contribution in [3.8, 4) is 5.75 Å². The summed E-state index contributed by atoms with van der Waals surface area (Å²) in [7, 11) is 5.06. The number of hydrogen-bond donors (Lipinski definition) is 0. The van der Waals surface area contributed by atoms with Crippen LogP contribution in [0.4, 0.5) is 31.5 Å². The third-order valence-electron chi connectivity index (χ3n) is 5.21. The lowest BCUT2D eigenvalue weighted by Crippen LogP contribution is -2.34. The topological polar surface area (TPSA) is 45.7 Å². The molecule has 3 aromatic rings. The lowest BCUT2D eigenvalue weighted by atomic mass is 10.0. The molecule has 0 saturated heterocycles. The number of fused-ring (bicyclic) bond motifs is 1. The molecule has 0 aliphatic carbocycles. The SMILES string of the molecule is COc1ccc(C)c2sc(N(CCCN(C)C)C(=O)c3cc(C(F)(F)F)cc(C(F)(F)F)c3)nc12. The molecule has 1 aromatic heterocycles. The van der Waals surface area contributed by atoms with E-state index in [2.05, 4.69) is 4.98 Å². The van der Waals surface area contributed by atoms with Gasteiger partial charge in [0.2, 0.25) is 0 Å². The van der Waals surface area contributed by atoms with Crippen LogP contribution in [-0.4, -0.2) is 50.1 Å². The fraction of sp³-hybridized carbons (Fsp3) is 0.391. The Hall–Kier alpha value is -2.86. The highest BCUT2D eigenvalue weighted by Gasteiger charge is 2.38. The number of aromatic nitrogens is 1. The highest BCUT2D eigenvalue weighted by atomic mass is 32.1. The van der Waals surface area contributed by atoms with Crippen molar-refractivity contribution in [3.05, 3.63) is 52.6 Å². The van der Waals surface area contributed by atoms with Crippen LogP contribution >= 0.6 is 11.3 Å². The first kappa shape index (κ1) is 26.7. The molecule has 0 aliphatic heterocycles. The molecular formula is C23H23F6N3O2S. The van der Waals surface area contributed by atoms with E-state index in [1.807, 2.05) is 11.8 Å². The zero-order valence-corrected chi connectivity index (χ0v) is 20.2. The number of carbonyl (C=O) groups is 1. The summed E-state index contributed by atoms with van der Waals surface area (Å²) < 4.78 is 86.2. The molecular weight excluding hydrogens is 496 g/mol. The van der Waals surface area contributed by atoms with Gasteiger partial charge >= 0.3 is 12.4 Å². The summed E-state index contributed by atoms with van der Waals surface area (Å²) in [5, 5.41) is 0.155. The second-order valence-electron chi connectivity index (χ2n) is 8.17. The second-order valence-corrected chi connectivity index (χ2v) is 9.14. The summed E-state index contributed by atoms with van der Waals surface area (Å²) in [5.74, 6) is -0.566. The van der Waals surface area contributed by atoms with Crippen LogP contribution in [0.3, 0.4) is 0 Å². The highest BCUT2D eigenvalue weighted by Crippen LogP contribution is 2.39. The van der Waals surface area contributed by atoms with Gasteiger partial charge in [0, 0.05) is 12.1 Å². The van der Waals surface area contributed by atoms with Gasteiger partial charge in [-0.25, -0.2) is 4.98 Å². The lowest BCUT2D eigenvalue weighted by molar-refractivity contribution is -0.143. The quantitative estimate of drug-likeness (QED) is 0.346. The number of ether oxygens (including phenoxy) is 1. The first-order chi connectivity index (χ1) is 16.2. The molecule has 1 amide bonds. The summed E-state index contributed by atoms with van der Waals surface area (Å²) in [6, 6.07) is 4.37. The molecule has 0 spiro atoms. The lowest BCUT2D eigenvalue weighted by Gasteiger charge is -2.22. The number of thiazole rings is 1. The van der Waals surface area contributed by atoms with E-state index < -0.39 is 35.0 Å². The molecule has 35 heavy (non-hydrogen) atoms. The van der Waals surface area contributed by atoms with E-state index in [0.717, 1.165) is 21.8 Å². The number of alkyl halides is 6. The Morgan fingerprint density at radius 1 is 1.00 bits per heavy atom. The number of nitrogens with zero attached hydrogens (tertiary/aromatic N) is 3. The van der Waals surface area contributed by atoms with Gasteiger partial charge in [-0.05, 0) is 63.8 Å². The predicted octanol–water partition coefficient (Wildman–Crippen LogP) is 6.25. The van der Waals surface area contributed by atoms with Crippen molar-refractivity contribution in [3.63, 3.8) is 0 Å². The van der Waals surface area contributed by atoms with E-state index in [9.17, 15) is 31.1 Å². The van der Waals surface area contributed by atoms with Crippen LogP contribution in [0.15, 0.2) is 30.3 Å². The normalized spacial score (nSPS) is 12.4. The number of carbonyl (C=O) groups excluding carboxylic acids is 1. The summed E-state index contributed by atoms with van der Waals surface area (Å²) in [6.45, 7) is 2.40. The third kappa shape index (κ3) is 6.04. The first-order valence-corrected chi connectivity index (χ1v) is 11.2. The second kappa shape index (κ2) is 10.0. The van der Waals surface area contributed by atoms with E-state index in [-0.39, 0.29) is 17.7 Å². The molecule has 0 atom stereocenters. The number of halogens is 6. The largest absolute Gasteiger partial charge is 0.494 e. The van der Waals surface area contributed by atoms with Crippen LogP contribution in [-0.2, 0) is 12.4 Å². The minimum atomic E-state index is -5.06. The predicted molar refractivity (Wildman–Crippen MR) is 122 cm³/mol. The first-order valence-electron chi connectivity index (χ1n) is 10.4. The smallest absolute Gasteiger partial charge is 0.416 e. The highest BCUT2D eigenvalue weighted by molar-refractivity contribution is 7.22. The zero-order chi connectivity index (χ0) is 26.1. The number of amides is 1. The monoisotopic (exact) mass is 519 g/mol. The zero-order valence-electron chi connectivity index (χ0n) is 19.3. The van der Waals surface area contributed by atoms with Crippen molar-refractivity contribution in [1.29, 1.82) is 0 Å². The molecule has 0 fully saturated rings. The maximum absolute atomic E-state index is 13.4. The van der Waals surface area contributed by atoms with E-state index in [4.69, 9.17) is 4.74 Å². The molecule has 0 saturated carbocycles. The van der Waals surface area contributed by atoms with Gasteiger partial charge in [0.1, 0.15) is 11.3 Å². The fourth-order valence-electron chi connectivity index (χ4n) is 3.44. The van der Waals surface area contributed by atoms with Crippen LogP contribution in [0.1, 0.15) is 33.5 Å². The van der Waals surface area contributed by atoms with Crippen LogP contribution in [0.5, 0.6) is 5.75 Å². The van der Waals surface area contributed by atoms with E-state index in [1.165, 1.54) is 7.11 Å². The van der Waals surface area contributed by atoms with Crippen molar-refractivity contribution in [2.24, 2.45) is 0 Å². The molecule has 0 bridgehead atoms. The molecule has 1 heterocycles. The van der Waals surface area contributed by atoms with E-state index in [0.29, 0.717) is 41.1 Å². The Bertz CT molecular complexity index is 1190. The van der Waals surface area contributed by atoms with Crippen LogP contribution in [0.25, 0.3) is 10.2 Å². The summed E-state index contributed by atoms with van der Waals surface area (Å²) >= 11 is 1.12. The number of anilines is 1. The van der Waals surface area contributed by atoms with E-state index >= 15 is 0 Å². The maximum Gasteiger partial charge on any atom is 0.416 e. The summed E-state index contributed by atoms with van der Waals surface area (Å²) in [4.78, 5) is 20.9. The molecule has 190 valence electrons. The molecule has 3 rings (SSSR count). The number of benzene rings is 2. The molecule has 0 radical (unpaired) electrons. The summed E-state index contributed by atoms with van der Waals surface area (Å²) in [5.41, 5.74) is -2.53. The number of hydrogen-bond acceptors (Lipinski definition) is 5. The molecule has 2 aromatic carbocycles. The van der Waals surface area contributed by atoms with E-state index in [1.54, 1.807) is 26.2 Å². The van der Waals surface area contributed by atoms with Gasteiger partial charge in [-0.3, -0.25) is 9.69 Å². The van der Waals surface area contributed by atoms with Gasteiger partial charge in [-0.2, -0.15) is 26.3 Å².